The Balaban J connectivity index is 2.62. The lowest BCUT2D eigenvalue weighted by Gasteiger charge is -2.17. The second-order valence-corrected chi connectivity index (χ2v) is 4.64. The van der Waals surface area contributed by atoms with Gasteiger partial charge in [0.15, 0.2) is 0 Å². The Kier molecular flexibility index (Phi) is 5.96. The number of carboxylic acid groups (broad SMARTS) is 1. The number of rotatable bonds is 6. The molecular formula is C14H19FN2O3. The smallest absolute Gasteiger partial charge is 0.319 e. The van der Waals surface area contributed by atoms with Crippen molar-refractivity contribution in [3.05, 3.63) is 29.6 Å². The molecule has 1 atom stereocenters. The summed E-state index contributed by atoms with van der Waals surface area (Å²) in [7, 11) is 0. The maximum atomic E-state index is 12.9. The fourth-order valence-electron chi connectivity index (χ4n) is 1.90. The maximum absolute atomic E-state index is 12.9. The number of urea groups is 1. The Bertz CT molecular complexity index is 491. The lowest BCUT2D eigenvalue weighted by Crippen LogP contribution is -2.39. The van der Waals surface area contributed by atoms with Gasteiger partial charge < -0.3 is 15.7 Å². The molecule has 0 aliphatic heterocycles. The zero-order valence-electron chi connectivity index (χ0n) is 11.6. The monoisotopic (exact) mass is 282 g/mol. The van der Waals surface area contributed by atoms with Crippen LogP contribution in [0.4, 0.5) is 14.9 Å². The second-order valence-electron chi connectivity index (χ2n) is 4.64. The van der Waals surface area contributed by atoms with Crippen LogP contribution in [0, 0.1) is 12.7 Å². The van der Waals surface area contributed by atoms with E-state index in [4.69, 9.17) is 5.11 Å². The van der Waals surface area contributed by atoms with Crippen LogP contribution >= 0.6 is 0 Å². The highest BCUT2D eigenvalue weighted by atomic mass is 19.1. The van der Waals surface area contributed by atoms with Crippen molar-refractivity contribution in [2.75, 3.05) is 5.32 Å². The molecule has 110 valence electrons. The quantitative estimate of drug-likeness (QED) is 0.750. The highest BCUT2D eigenvalue weighted by Gasteiger charge is 2.15. The largest absolute Gasteiger partial charge is 0.481 e. The zero-order valence-corrected chi connectivity index (χ0v) is 11.6. The molecule has 0 fully saturated rings. The minimum Gasteiger partial charge on any atom is -0.481 e. The summed E-state index contributed by atoms with van der Waals surface area (Å²) in [6, 6.07) is 3.13. The van der Waals surface area contributed by atoms with Gasteiger partial charge in [0.2, 0.25) is 0 Å². The molecule has 0 aromatic heterocycles. The van der Waals surface area contributed by atoms with Crippen molar-refractivity contribution in [1.82, 2.24) is 5.32 Å². The SMILES string of the molecule is CCCC(CC(=O)O)NC(=O)Nc1ccc(F)cc1C. The zero-order chi connectivity index (χ0) is 15.1. The first-order valence-corrected chi connectivity index (χ1v) is 6.47. The van der Waals surface area contributed by atoms with Crippen molar-refractivity contribution >= 4 is 17.7 Å². The van der Waals surface area contributed by atoms with Gasteiger partial charge in [-0.05, 0) is 37.1 Å². The van der Waals surface area contributed by atoms with E-state index in [0.29, 0.717) is 17.7 Å². The van der Waals surface area contributed by atoms with E-state index in [-0.39, 0.29) is 12.2 Å². The van der Waals surface area contributed by atoms with Crippen LogP contribution in [0.1, 0.15) is 31.7 Å². The van der Waals surface area contributed by atoms with Gasteiger partial charge in [-0.25, -0.2) is 9.18 Å². The molecule has 0 saturated carbocycles. The first-order valence-electron chi connectivity index (χ1n) is 6.47. The molecule has 0 spiro atoms. The van der Waals surface area contributed by atoms with Crippen LogP contribution in [0.15, 0.2) is 18.2 Å². The summed E-state index contributed by atoms with van der Waals surface area (Å²) in [6.07, 6.45) is 1.24. The van der Waals surface area contributed by atoms with Crippen molar-refractivity contribution < 1.29 is 19.1 Å². The molecule has 0 radical (unpaired) electrons. The number of amides is 2. The van der Waals surface area contributed by atoms with E-state index in [1.807, 2.05) is 6.92 Å². The standard InChI is InChI=1S/C14H19FN2O3/c1-3-4-11(8-13(18)19)16-14(20)17-12-6-5-10(15)7-9(12)2/h5-7,11H,3-4,8H2,1-2H3,(H,18,19)(H2,16,17,20). The van der Waals surface area contributed by atoms with Crippen molar-refractivity contribution in [1.29, 1.82) is 0 Å². The summed E-state index contributed by atoms with van der Waals surface area (Å²) in [4.78, 5) is 22.5. The Morgan fingerprint density at radius 2 is 2.10 bits per heavy atom. The van der Waals surface area contributed by atoms with E-state index >= 15 is 0 Å². The number of aliphatic carboxylic acids is 1. The summed E-state index contributed by atoms with van der Waals surface area (Å²) in [5, 5.41) is 14.0. The van der Waals surface area contributed by atoms with E-state index in [9.17, 15) is 14.0 Å². The van der Waals surface area contributed by atoms with Crippen LogP contribution in [0.3, 0.4) is 0 Å². The number of hydrogen-bond donors (Lipinski definition) is 3. The van der Waals surface area contributed by atoms with E-state index in [2.05, 4.69) is 10.6 Å². The van der Waals surface area contributed by atoms with Crippen LogP contribution in [-0.2, 0) is 4.79 Å². The van der Waals surface area contributed by atoms with Gasteiger partial charge in [-0.15, -0.1) is 0 Å². The molecule has 20 heavy (non-hydrogen) atoms. The molecule has 0 saturated heterocycles. The lowest BCUT2D eigenvalue weighted by atomic mass is 10.1. The fourth-order valence-corrected chi connectivity index (χ4v) is 1.90. The maximum Gasteiger partial charge on any atom is 0.319 e. The summed E-state index contributed by atoms with van der Waals surface area (Å²) in [5.41, 5.74) is 1.10. The number of hydrogen-bond acceptors (Lipinski definition) is 2. The predicted molar refractivity (Wildman–Crippen MR) is 74.2 cm³/mol. The predicted octanol–water partition coefficient (Wildman–Crippen LogP) is 2.90. The number of benzene rings is 1. The third-order valence-corrected chi connectivity index (χ3v) is 2.83. The van der Waals surface area contributed by atoms with Crippen LogP contribution in [0.25, 0.3) is 0 Å². The Morgan fingerprint density at radius 3 is 2.65 bits per heavy atom. The Morgan fingerprint density at radius 1 is 1.40 bits per heavy atom. The average Bonchev–Trinajstić information content (AvgIpc) is 2.32. The van der Waals surface area contributed by atoms with Crippen LogP contribution in [-0.4, -0.2) is 23.1 Å². The first-order chi connectivity index (χ1) is 9.42. The van der Waals surface area contributed by atoms with E-state index in [0.717, 1.165) is 6.42 Å². The van der Waals surface area contributed by atoms with Crippen molar-refractivity contribution in [2.24, 2.45) is 0 Å². The molecule has 6 heteroatoms. The average molecular weight is 282 g/mol. The molecule has 1 unspecified atom stereocenters. The normalized spacial score (nSPS) is 11.8. The van der Waals surface area contributed by atoms with Gasteiger partial charge in [0.25, 0.3) is 0 Å². The molecule has 1 aromatic carbocycles. The van der Waals surface area contributed by atoms with Gasteiger partial charge in [0.1, 0.15) is 5.82 Å². The summed E-state index contributed by atoms with van der Waals surface area (Å²) in [5.74, 6) is -1.33. The lowest BCUT2D eigenvalue weighted by molar-refractivity contribution is -0.137. The highest BCUT2D eigenvalue weighted by Crippen LogP contribution is 2.15. The van der Waals surface area contributed by atoms with Crippen molar-refractivity contribution in [3.63, 3.8) is 0 Å². The van der Waals surface area contributed by atoms with E-state index in [1.54, 1.807) is 6.92 Å². The third-order valence-electron chi connectivity index (χ3n) is 2.83. The number of aryl methyl sites for hydroxylation is 1. The van der Waals surface area contributed by atoms with Gasteiger partial charge in [-0.1, -0.05) is 13.3 Å². The van der Waals surface area contributed by atoms with E-state index in [1.165, 1.54) is 18.2 Å². The molecule has 2 amide bonds. The number of nitrogens with one attached hydrogen (secondary N) is 2. The van der Waals surface area contributed by atoms with Gasteiger partial charge in [0, 0.05) is 11.7 Å². The van der Waals surface area contributed by atoms with Crippen LogP contribution in [0.5, 0.6) is 0 Å². The van der Waals surface area contributed by atoms with Crippen LogP contribution in [0.2, 0.25) is 0 Å². The molecule has 0 heterocycles. The molecule has 5 nitrogen and oxygen atoms in total. The fraction of sp³-hybridized carbons (Fsp3) is 0.429. The first kappa shape index (κ1) is 15.9. The van der Waals surface area contributed by atoms with E-state index < -0.39 is 18.0 Å². The van der Waals surface area contributed by atoms with Gasteiger partial charge in [-0.2, -0.15) is 0 Å². The Hall–Kier alpha value is -2.11. The summed E-state index contributed by atoms with van der Waals surface area (Å²) >= 11 is 0. The summed E-state index contributed by atoms with van der Waals surface area (Å²) < 4.78 is 12.9. The number of carboxylic acids is 1. The van der Waals surface area contributed by atoms with Crippen LogP contribution < -0.4 is 10.6 Å². The molecule has 3 N–H and O–H groups in total. The van der Waals surface area contributed by atoms with Gasteiger partial charge in [0.05, 0.1) is 6.42 Å². The minimum atomic E-state index is -0.957. The molecule has 0 aliphatic rings. The van der Waals surface area contributed by atoms with Gasteiger partial charge in [-0.3, -0.25) is 4.79 Å². The number of anilines is 1. The number of carbonyl (C=O) groups is 2. The highest BCUT2D eigenvalue weighted by molar-refractivity contribution is 5.90. The summed E-state index contributed by atoms with van der Waals surface area (Å²) in [6.45, 7) is 3.60. The van der Waals surface area contributed by atoms with Crippen molar-refractivity contribution in [2.45, 2.75) is 39.2 Å². The molecule has 1 rings (SSSR count). The minimum absolute atomic E-state index is 0.121. The van der Waals surface area contributed by atoms with Gasteiger partial charge >= 0.3 is 12.0 Å². The number of halogens is 1. The third kappa shape index (κ3) is 5.26. The molecular weight excluding hydrogens is 263 g/mol. The molecule has 0 bridgehead atoms. The Labute approximate surface area is 117 Å². The molecule has 0 aliphatic carbocycles. The second kappa shape index (κ2) is 7.47. The molecule has 1 aromatic rings. The number of carbonyl (C=O) groups excluding carboxylic acids is 1. The topological polar surface area (TPSA) is 78.4 Å². The van der Waals surface area contributed by atoms with Crippen molar-refractivity contribution in [3.8, 4) is 0 Å².